The van der Waals surface area contributed by atoms with Gasteiger partial charge in [0, 0.05) is 19.6 Å². The molecule has 40 heavy (non-hydrogen) atoms. The number of carbonyl (C=O) groups is 1. The third kappa shape index (κ3) is 5.90. The Morgan fingerprint density at radius 3 is 2.02 bits per heavy atom. The number of fused-ring (bicyclic) bond motifs is 1. The van der Waals surface area contributed by atoms with Crippen molar-refractivity contribution in [2.45, 2.75) is 19.4 Å². The van der Waals surface area contributed by atoms with Crippen molar-refractivity contribution in [3.63, 3.8) is 0 Å². The molecule has 0 radical (unpaired) electrons. The van der Waals surface area contributed by atoms with E-state index < -0.39 is 0 Å². The van der Waals surface area contributed by atoms with E-state index in [0.717, 1.165) is 53.0 Å². The van der Waals surface area contributed by atoms with Gasteiger partial charge in [0.05, 0.1) is 48.0 Å². The first-order chi connectivity index (χ1) is 19.2. The van der Waals surface area contributed by atoms with Crippen LogP contribution in [0.15, 0.2) is 29.8 Å². The maximum Gasteiger partial charge on any atom is 0.310 e. The summed E-state index contributed by atoms with van der Waals surface area (Å²) >= 11 is 0. The average molecular weight is 553 g/mol. The molecule has 1 fully saturated rings. The predicted molar refractivity (Wildman–Crippen MR) is 156 cm³/mol. The first-order valence-corrected chi connectivity index (χ1v) is 13.3. The van der Waals surface area contributed by atoms with E-state index in [9.17, 15) is 4.79 Å². The van der Waals surface area contributed by atoms with Crippen molar-refractivity contribution in [1.29, 1.82) is 0 Å². The molecule has 0 N–H and O–H groups in total. The van der Waals surface area contributed by atoms with Crippen LogP contribution in [0.25, 0.3) is 17.2 Å². The van der Waals surface area contributed by atoms with Gasteiger partial charge in [-0.3, -0.25) is 9.69 Å². The van der Waals surface area contributed by atoms with Gasteiger partial charge in [0.25, 0.3) is 0 Å². The van der Waals surface area contributed by atoms with Crippen molar-refractivity contribution >= 4 is 23.2 Å². The number of hydrogen-bond donors (Lipinski definition) is 0. The minimum atomic E-state index is -0.259. The summed E-state index contributed by atoms with van der Waals surface area (Å²) in [5.41, 5.74) is 5.56. The summed E-state index contributed by atoms with van der Waals surface area (Å²) < 4.78 is 33.6. The van der Waals surface area contributed by atoms with Crippen molar-refractivity contribution in [3.8, 4) is 28.7 Å². The second kappa shape index (κ2) is 12.7. The van der Waals surface area contributed by atoms with Gasteiger partial charge < -0.3 is 33.3 Å². The lowest BCUT2D eigenvalue weighted by Gasteiger charge is -2.37. The van der Waals surface area contributed by atoms with Crippen molar-refractivity contribution in [2.24, 2.45) is 0 Å². The normalized spacial score (nSPS) is 18.5. The zero-order chi connectivity index (χ0) is 29.0. The number of piperazine rings is 1. The number of hydrogen-bond acceptors (Lipinski definition) is 9. The molecule has 0 spiro atoms. The van der Waals surface area contributed by atoms with Crippen LogP contribution in [0.4, 0.5) is 0 Å². The molecule has 2 aromatic rings. The lowest BCUT2D eigenvalue weighted by Crippen LogP contribution is -2.52. The minimum absolute atomic E-state index is 0.146. The lowest BCUT2D eigenvalue weighted by molar-refractivity contribution is -0.144. The number of rotatable bonds is 10. The molecule has 1 atom stereocenters. The Hall–Kier alpha value is -3.69. The molecule has 0 saturated carbocycles. The molecule has 1 unspecified atom stereocenters. The maximum absolute atomic E-state index is 13.2. The molecular formula is C31H40N2O7. The molecular weight excluding hydrogens is 512 g/mol. The molecule has 1 saturated heterocycles. The minimum Gasteiger partial charge on any atom is -0.493 e. The molecule has 1 heterocycles. The molecule has 9 heteroatoms. The summed E-state index contributed by atoms with van der Waals surface area (Å²) in [6, 6.07) is 7.85. The molecule has 9 nitrogen and oxygen atoms in total. The van der Waals surface area contributed by atoms with E-state index in [-0.39, 0.29) is 18.4 Å². The Kier molecular flexibility index (Phi) is 9.27. The van der Waals surface area contributed by atoms with Crippen molar-refractivity contribution < 1.29 is 33.2 Å². The molecule has 1 aliphatic carbocycles. The number of carbonyl (C=O) groups excluding carboxylic acids is 1. The zero-order valence-corrected chi connectivity index (χ0v) is 24.8. The van der Waals surface area contributed by atoms with Gasteiger partial charge in [-0.1, -0.05) is 0 Å². The van der Waals surface area contributed by atoms with Crippen molar-refractivity contribution in [2.75, 3.05) is 75.9 Å². The standard InChI is InChI=1S/C31H40N2O7/c1-19-22(11-20-12-28(37-6)31(39-8)29(13-20)38-7)24-14-26(35-4)27(36-5)15-25(24)23(19)16-30(34)40-18-21-17-32(2)9-10-33(21)3/h11-15,21H,9-10,16-18H2,1-8H3/b22-11-. The quantitative estimate of drug-likeness (QED) is 0.402. The first-order valence-electron chi connectivity index (χ1n) is 13.3. The summed E-state index contributed by atoms with van der Waals surface area (Å²) in [6.45, 7) is 5.21. The Labute approximate surface area is 236 Å². The number of methoxy groups -OCH3 is 5. The Bertz CT molecular complexity index is 1290. The molecule has 2 aliphatic rings. The molecule has 4 rings (SSSR count). The summed E-state index contributed by atoms with van der Waals surface area (Å²) in [6.07, 6.45) is 2.20. The van der Waals surface area contributed by atoms with Gasteiger partial charge in [-0.15, -0.1) is 0 Å². The third-order valence-electron chi connectivity index (χ3n) is 7.73. The highest BCUT2D eigenvalue weighted by Crippen LogP contribution is 2.48. The van der Waals surface area contributed by atoms with E-state index in [0.29, 0.717) is 35.4 Å². The van der Waals surface area contributed by atoms with Crippen LogP contribution in [0, 0.1) is 0 Å². The molecule has 1 aliphatic heterocycles. The van der Waals surface area contributed by atoms with Crippen molar-refractivity contribution in [3.05, 3.63) is 46.5 Å². The third-order valence-corrected chi connectivity index (χ3v) is 7.73. The number of nitrogens with zero attached hydrogens (tertiary/aromatic N) is 2. The fourth-order valence-electron chi connectivity index (χ4n) is 5.35. The monoisotopic (exact) mass is 552 g/mol. The highest BCUT2D eigenvalue weighted by Gasteiger charge is 2.29. The van der Waals surface area contributed by atoms with Gasteiger partial charge in [0.15, 0.2) is 23.0 Å². The second-order valence-electron chi connectivity index (χ2n) is 10.1. The SMILES string of the molecule is COc1cc2c(cc1OC)/C(=C\c1cc(OC)c(OC)c(OC)c1)C(C)=C2CC(=O)OCC1CN(C)CCN1C. The van der Waals surface area contributed by atoms with E-state index in [4.69, 9.17) is 28.4 Å². The van der Waals surface area contributed by atoms with Crippen LogP contribution in [-0.2, 0) is 9.53 Å². The number of benzene rings is 2. The smallest absolute Gasteiger partial charge is 0.310 e. The maximum atomic E-state index is 13.2. The van der Waals surface area contributed by atoms with Crippen LogP contribution in [-0.4, -0.2) is 97.7 Å². The van der Waals surface area contributed by atoms with Crippen LogP contribution in [0.5, 0.6) is 28.7 Å². The number of ether oxygens (including phenoxy) is 6. The Balaban J connectivity index is 1.71. The second-order valence-corrected chi connectivity index (χ2v) is 10.1. The lowest BCUT2D eigenvalue weighted by atomic mass is 9.99. The highest BCUT2D eigenvalue weighted by atomic mass is 16.5. The number of likely N-dealkylation sites (N-methyl/N-ethyl adjacent to an activating group) is 2. The summed E-state index contributed by atoms with van der Waals surface area (Å²) in [7, 11) is 12.1. The summed E-state index contributed by atoms with van der Waals surface area (Å²) in [5, 5.41) is 0. The molecule has 216 valence electrons. The van der Waals surface area contributed by atoms with Gasteiger partial charge in [-0.25, -0.2) is 0 Å². The van der Waals surface area contributed by atoms with Crippen LogP contribution in [0.3, 0.4) is 0 Å². The van der Waals surface area contributed by atoms with E-state index in [1.807, 2.05) is 31.2 Å². The van der Waals surface area contributed by atoms with Crippen LogP contribution in [0.1, 0.15) is 30.0 Å². The van der Waals surface area contributed by atoms with Gasteiger partial charge >= 0.3 is 5.97 Å². The summed E-state index contributed by atoms with van der Waals surface area (Å²) in [4.78, 5) is 17.7. The first kappa shape index (κ1) is 29.3. The van der Waals surface area contributed by atoms with Crippen LogP contribution >= 0.6 is 0 Å². The zero-order valence-electron chi connectivity index (χ0n) is 24.8. The fourth-order valence-corrected chi connectivity index (χ4v) is 5.35. The highest BCUT2D eigenvalue weighted by molar-refractivity contribution is 6.08. The van der Waals surface area contributed by atoms with Gasteiger partial charge in [-0.05, 0) is 84.8 Å². The Morgan fingerprint density at radius 1 is 0.850 bits per heavy atom. The molecule has 0 amide bonds. The largest absolute Gasteiger partial charge is 0.493 e. The van der Waals surface area contributed by atoms with Gasteiger partial charge in [0.1, 0.15) is 6.61 Å². The predicted octanol–water partition coefficient (Wildman–Crippen LogP) is 4.24. The van der Waals surface area contributed by atoms with E-state index in [2.05, 4.69) is 30.0 Å². The van der Waals surface area contributed by atoms with Crippen LogP contribution < -0.4 is 23.7 Å². The van der Waals surface area contributed by atoms with E-state index in [1.165, 1.54) is 0 Å². The van der Waals surface area contributed by atoms with E-state index in [1.54, 1.807) is 35.5 Å². The molecule has 0 bridgehead atoms. The Morgan fingerprint density at radius 2 is 1.45 bits per heavy atom. The number of allylic oxidation sites excluding steroid dienone is 2. The van der Waals surface area contributed by atoms with E-state index >= 15 is 0 Å². The summed E-state index contributed by atoms with van der Waals surface area (Å²) in [5.74, 6) is 2.59. The number of esters is 1. The van der Waals surface area contributed by atoms with Crippen molar-refractivity contribution in [1.82, 2.24) is 9.80 Å². The van der Waals surface area contributed by atoms with Crippen LogP contribution in [0.2, 0.25) is 0 Å². The molecule has 2 aromatic carbocycles. The van der Waals surface area contributed by atoms with Gasteiger partial charge in [0.2, 0.25) is 5.75 Å². The van der Waals surface area contributed by atoms with Gasteiger partial charge in [-0.2, -0.15) is 0 Å². The molecule has 0 aromatic heterocycles. The topological polar surface area (TPSA) is 78.9 Å². The fraction of sp³-hybridized carbons (Fsp3) is 0.452. The average Bonchev–Trinajstić information content (AvgIpc) is 3.20.